The van der Waals surface area contributed by atoms with Crippen molar-refractivity contribution in [3.63, 3.8) is 0 Å². The van der Waals surface area contributed by atoms with Gasteiger partial charge in [-0.15, -0.1) is 11.8 Å². The molecule has 1 unspecified atom stereocenters. The first kappa shape index (κ1) is 24.0. The van der Waals surface area contributed by atoms with Gasteiger partial charge in [0.05, 0.1) is 23.6 Å². The number of nitrogens with one attached hydrogen (secondary N) is 2. The number of rotatable bonds is 7. The summed E-state index contributed by atoms with van der Waals surface area (Å²) < 4.78 is 4.77. The van der Waals surface area contributed by atoms with E-state index in [0.29, 0.717) is 22.5 Å². The van der Waals surface area contributed by atoms with Crippen molar-refractivity contribution in [2.75, 3.05) is 17.7 Å². The Hall–Kier alpha value is -4.10. The second kappa shape index (κ2) is 10.9. The lowest BCUT2D eigenvalue weighted by Crippen LogP contribution is -2.23. The predicted octanol–water partition coefficient (Wildman–Crippen LogP) is 6.00. The van der Waals surface area contributed by atoms with Gasteiger partial charge in [-0.1, -0.05) is 42.5 Å². The van der Waals surface area contributed by atoms with Gasteiger partial charge in [-0.05, 0) is 66.2 Å². The Bertz CT molecular complexity index is 1390. The molecule has 1 atom stereocenters. The Morgan fingerprint density at radius 3 is 2.23 bits per heavy atom. The molecule has 2 amide bonds. The minimum atomic E-state index is -0.512. The van der Waals surface area contributed by atoms with Gasteiger partial charge in [0.15, 0.2) is 0 Å². The van der Waals surface area contributed by atoms with Crippen LogP contribution in [-0.4, -0.2) is 30.1 Å². The van der Waals surface area contributed by atoms with Crippen LogP contribution in [0.1, 0.15) is 27.6 Å². The van der Waals surface area contributed by atoms with Gasteiger partial charge in [0.1, 0.15) is 0 Å². The van der Waals surface area contributed by atoms with Crippen LogP contribution in [0.3, 0.4) is 0 Å². The number of hydrogen-bond acceptors (Lipinski definition) is 5. The van der Waals surface area contributed by atoms with E-state index in [-0.39, 0.29) is 11.8 Å². The summed E-state index contributed by atoms with van der Waals surface area (Å²) in [5, 5.41) is 7.38. The van der Waals surface area contributed by atoms with E-state index in [4.69, 9.17) is 4.74 Å². The van der Waals surface area contributed by atoms with Crippen molar-refractivity contribution in [1.29, 1.82) is 0 Å². The van der Waals surface area contributed by atoms with Crippen LogP contribution < -0.4 is 10.6 Å². The molecule has 4 aromatic rings. The van der Waals surface area contributed by atoms with Crippen LogP contribution in [-0.2, 0) is 9.53 Å². The number of hydrogen-bond donors (Lipinski definition) is 2. The lowest BCUT2D eigenvalue weighted by Gasteiger charge is -2.14. The van der Waals surface area contributed by atoms with E-state index in [9.17, 15) is 14.4 Å². The third kappa shape index (κ3) is 5.88. The monoisotopic (exact) mass is 484 g/mol. The fraction of sp³-hybridized carbons (Fsp3) is 0.107. The van der Waals surface area contributed by atoms with E-state index in [1.165, 1.54) is 18.9 Å². The van der Waals surface area contributed by atoms with Crippen molar-refractivity contribution >= 4 is 51.7 Å². The number of thioether (sulfide) groups is 1. The molecule has 0 fully saturated rings. The van der Waals surface area contributed by atoms with Gasteiger partial charge in [-0.2, -0.15) is 0 Å². The summed E-state index contributed by atoms with van der Waals surface area (Å²) in [5.41, 5.74) is 1.95. The first-order valence-corrected chi connectivity index (χ1v) is 11.9. The van der Waals surface area contributed by atoms with Crippen molar-refractivity contribution in [3.05, 3.63) is 102 Å². The number of ether oxygens (including phenoxy) is 1. The zero-order valence-electron chi connectivity index (χ0n) is 19.3. The van der Waals surface area contributed by atoms with E-state index in [2.05, 4.69) is 10.6 Å². The summed E-state index contributed by atoms with van der Waals surface area (Å²) in [6, 6.07) is 27.5. The Kier molecular flexibility index (Phi) is 7.48. The molecule has 0 aliphatic heterocycles. The fourth-order valence-corrected chi connectivity index (χ4v) is 4.39. The summed E-state index contributed by atoms with van der Waals surface area (Å²) in [4.78, 5) is 38.2. The lowest BCUT2D eigenvalue weighted by molar-refractivity contribution is -0.115. The highest BCUT2D eigenvalue weighted by Gasteiger charge is 2.18. The Labute approximate surface area is 207 Å². The highest BCUT2D eigenvalue weighted by Crippen LogP contribution is 2.27. The van der Waals surface area contributed by atoms with Gasteiger partial charge in [-0.3, -0.25) is 9.59 Å². The highest BCUT2D eigenvalue weighted by atomic mass is 32.2. The van der Waals surface area contributed by atoms with Crippen LogP contribution in [0.4, 0.5) is 11.4 Å². The molecule has 0 aliphatic rings. The van der Waals surface area contributed by atoms with Crippen molar-refractivity contribution < 1.29 is 19.1 Å². The molecular weight excluding hydrogens is 460 g/mol. The molecule has 4 aromatic carbocycles. The molecule has 0 aromatic heterocycles. The fourth-order valence-electron chi connectivity index (χ4n) is 3.52. The number of anilines is 2. The second-order valence-corrected chi connectivity index (χ2v) is 9.24. The molecule has 0 saturated heterocycles. The molecule has 0 bridgehead atoms. The quantitative estimate of drug-likeness (QED) is 0.248. The molecule has 7 heteroatoms. The number of fused-ring (bicyclic) bond motifs is 1. The van der Waals surface area contributed by atoms with Gasteiger partial charge >= 0.3 is 5.97 Å². The molecular formula is C28H24N2O4S. The number of benzene rings is 4. The van der Waals surface area contributed by atoms with Crippen molar-refractivity contribution in [3.8, 4) is 0 Å². The van der Waals surface area contributed by atoms with Crippen molar-refractivity contribution in [2.24, 2.45) is 0 Å². The summed E-state index contributed by atoms with van der Waals surface area (Å²) in [7, 11) is 1.30. The summed E-state index contributed by atoms with van der Waals surface area (Å²) in [5.74, 6) is -0.934. The Morgan fingerprint density at radius 1 is 0.800 bits per heavy atom. The average Bonchev–Trinajstić information content (AvgIpc) is 2.89. The predicted molar refractivity (Wildman–Crippen MR) is 140 cm³/mol. The van der Waals surface area contributed by atoms with E-state index >= 15 is 0 Å². The maximum atomic E-state index is 12.7. The van der Waals surface area contributed by atoms with E-state index in [1.54, 1.807) is 49.4 Å². The van der Waals surface area contributed by atoms with Crippen molar-refractivity contribution in [1.82, 2.24) is 0 Å². The summed E-state index contributed by atoms with van der Waals surface area (Å²) in [6.45, 7) is 1.79. The van der Waals surface area contributed by atoms with Gasteiger partial charge in [0.2, 0.25) is 5.91 Å². The van der Waals surface area contributed by atoms with Gasteiger partial charge in [0, 0.05) is 16.1 Å². The smallest absolute Gasteiger partial charge is 0.339 e. The van der Waals surface area contributed by atoms with Gasteiger partial charge in [0.25, 0.3) is 5.91 Å². The number of para-hydroxylation sites is 1. The second-order valence-electron chi connectivity index (χ2n) is 7.83. The first-order chi connectivity index (χ1) is 16.9. The maximum absolute atomic E-state index is 12.7. The lowest BCUT2D eigenvalue weighted by atomic mass is 10.1. The van der Waals surface area contributed by atoms with Crippen LogP contribution >= 0.6 is 11.8 Å². The maximum Gasteiger partial charge on any atom is 0.339 e. The molecule has 6 nitrogen and oxygen atoms in total. The molecule has 0 aliphatic carbocycles. The molecule has 4 rings (SSSR count). The van der Waals surface area contributed by atoms with Crippen LogP contribution in [0.15, 0.2) is 95.9 Å². The summed E-state index contributed by atoms with van der Waals surface area (Å²) in [6.07, 6.45) is 0. The number of esters is 1. The molecule has 0 saturated carbocycles. The third-order valence-electron chi connectivity index (χ3n) is 5.40. The third-order valence-corrected chi connectivity index (χ3v) is 6.51. The summed E-state index contributed by atoms with van der Waals surface area (Å²) >= 11 is 1.38. The van der Waals surface area contributed by atoms with Gasteiger partial charge in [-0.25, -0.2) is 4.79 Å². The molecule has 0 heterocycles. The van der Waals surface area contributed by atoms with Crippen molar-refractivity contribution in [2.45, 2.75) is 17.1 Å². The molecule has 0 radical (unpaired) electrons. The standard InChI is InChI=1S/C28H24N2O4S/c1-18(26(31)30-25-10-6-5-9-24(25)28(33)34-2)35-23-15-13-22(14-16-23)29-27(32)21-12-11-19-7-3-4-8-20(19)17-21/h3-18H,1-2H3,(H,29,32)(H,30,31). The largest absolute Gasteiger partial charge is 0.465 e. The minimum absolute atomic E-state index is 0.187. The van der Waals surface area contributed by atoms with Crippen LogP contribution in [0.25, 0.3) is 10.8 Å². The average molecular weight is 485 g/mol. The zero-order valence-corrected chi connectivity index (χ0v) is 20.1. The SMILES string of the molecule is COC(=O)c1ccccc1NC(=O)C(C)Sc1ccc(NC(=O)c2ccc3ccccc3c2)cc1. The van der Waals surface area contributed by atoms with E-state index in [1.807, 2.05) is 48.5 Å². The Balaban J connectivity index is 1.36. The van der Waals surface area contributed by atoms with Crippen LogP contribution in [0.5, 0.6) is 0 Å². The normalized spacial score (nSPS) is 11.5. The first-order valence-electron chi connectivity index (χ1n) is 11.0. The van der Waals surface area contributed by atoms with Crippen LogP contribution in [0, 0.1) is 0 Å². The molecule has 176 valence electrons. The molecule has 2 N–H and O–H groups in total. The van der Waals surface area contributed by atoms with E-state index < -0.39 is 11.2 Å². The zero-order chi connectivity index (χ0) is 24.8. The minimum Gasteiger partial charge on any atom is -0.465 e. The number of carbonyl (C=O) groups is 3. The number of amides is 2. The highest BCUT2D eigenvalue weighted by molar-refractivity contribution is 8.00. The number of carbonyl (C=O) groups excluding carboxylic acids is 3. The number of methoxy groups -OCH3 is 1. The Morgan fingerprint density at radius 2 is 1.49 bits per heavy atom. The molecule has 0 spiro atoms. The van der Waals surface area contributed by atoms with Crippen LogP contribution in [0.2, 0.25) is 0 Å². The molecule has 35 heavy (non-hydrogen) atoms. The topological polar surface area (TPSA) is 84.5 Å². The van der Waals surface area contributed by atoms with E-state index in [0.717, 1.165) is 15.7 Å². The van der Waals surface area contributed by atoms with Gasteiger partial charge < -0.3 is 15.4 Å².